The van der Waals surface area contributed by atoms with Crippen molar-refractivity contribution < 1.29 is 14.3 Å². The number of methoxy groups -OCH3 is 1. The molecule has 0 aromatic heterocycles. The zero-order chi connectivity index (χ0) is 12.5. The van der Waals surface area contributed by atoms with Gasteiger partial charge in [-0.1, -0.05) is 0 Å². The molecule has 1 aromatic rings. The molecule has 0 spiro atoms. The summed E-state index contributed by atoms with van der Waals surface area (Å²) in [5, 5.41) is 3.22. The van der Waals surface area contributed by atoms with E-state index in [4.69, 9.17) is 9.47 Å². The van der Waals surface area contributed by atoms with E-state index in [9.17, 15) is 4.79 Å². The third kappa shape index (κ3) is 2.02. The van der Waals surface area contributed by atoms with Crippen LogP contribution in [-0.2, 0) is 11.2 Å². The first-order chi connectivity index (χ1) is 8.78. The lowest BCUT2D eigenvalue weighted by molar-refractivity contribution is 0.0919. The Hall–Kier alpha value is -1.39. The minimum atomic E-state index is -0.115. The zero-order valence-corrected chi connectivity index (χ0v) is 10.4. The number of benzene rings is 1. The zero-order valence-electron chi connectivity index (χ0n) is 10.4. The highest BCUT2D eigenvalue weighted by Crippen LogP contribution is 2.27. The maximum Gasteiger partial charge on any atom is 0.179 e. The van der Waals surface area contributed by atoms with Crippen molar-refractivity contribution in [1.29, 1.82) is 0 Å². The highest BCUT2D eigenvalue weighted by atomic mass is 16.5. The van der Waals surface area contributed by atoms with Gasteiger partial charge in [-0.2, -0.15) is 0 Å². The van der Waals surface area contributed by atoms with Gasteiger partial charge >= 0.3 is 0 Å². The second kappa shape index (κ2) is 4.71. The van der Waals surface area contributed by atoms with Crippen molar-refractivity contribution in [3.05, 3.63) is 29.3 Å². The second-order valence-electron chi connectivity index (χ2n) is 4.84. The van der Waals surface area contributed by atoms with Gasteiger partial charge < -0.3 is 14.8 Å². The van der Waals surface area contributed by atoms with E-state index >= 15 is 0 Å². The van der Waals surface area contributed by atoms with E-state index < -0.39 is 0 Å². The summed E-state index contributed by atoms with van der Waals surface area (Å²) in [7, 11) is 1.69. The summed E-state index contributed by atoms with van der Waals surface area (Å²) in [6.07, 6.45) is 1.80. The fourth-order valence-electron chi connectivity index (χ4n) is 2.62. The molecule has 2 heterocycles. The number of nitrogens with one attached hydrogen (secondary N) is 1. The average molecular weight is 247 g/mol. The molecule has 3 rings (SSSR count). The standard InChI is InChI=1S/C14H17NO3/c1-17-11-7-12(15-8-11)14(16)10-2-3-13-9(6-10)4-5-18-13/h2-3,6,11-12,15H,4-5,7-8H2,1H3. The molecule has 0 saturated carbocycles. The van der Waals surface area contributed by atoms with Crippen LogP contribution in [0, 0.1) is 0 Å². The van der Waals surface area contributed by atoms with Gasteiger partial charge in [0.2, 0.25) is 0 Å². The van der Waals surface area contributed by atoms with Crippen molar-refractivity contribution in [3.8, 4) is 5.75 Å². The largest absolute Gasteiger partial charge is 0.493 e. The van der Waals surface area contributed by atoms with Crippen LogP contribution in [-0.4, -0.2) is 38.2 Å². The Labute approximate surface area is 106 Å². The third-order valence-electron chi connectivity index (χ3n) is 3.71. The van der Waals surface area contributed by atoms with Crippen LogP contribution < -0.4 is 10.1 Å². The minimum Gasteiger partial charge on any atom is -0.493 e. The first-order valence-electron chi connectivity index (χ1n) is 6.34. The summed E-state index contributed by atoms with van der Waals surface area (Å²) in [5.74, 6) is 1.07. The van der Waals surface area contributed by atoms with Gasteiger partial charge in [-0.3, -0.25) is 4.79 Å². The molecule has 1 fully saturated rings. The number of hydrogen-bond acceptors (Lipinski definition) is 4. The van der Waals surface area contributed by atoms with Gasteiger partial charge in [0.05, 0.1) is 18.8 Å². The number of carbonyl (C=O) groups excluding carboxylic acids is 1. The molecule has 96 valence electrons. The van der Waals surface area contributed by atoms with Crippen molar-refractivity contribution in [2.24, 2.45) is 0 Å². The molecule has 0 aliphatic carbocycles. The van der Waals surface area contributed by atoms with Crippen LogP contribution in [0.15, 0.2) is 18.2 Å². The number of hydrogen-bond donors (Lipinski definition) is 1. The normalized spacial score (nSPS) is 25.8. The average Bonchev–Trinajstić information content (AvgIpc) is 3.05. The number of ether oxygens (including phenoxy) is 2. The minimum absolute atomic E-state index is 0.115. The lowest BCUT2D eigenvalue weighted by Gasteiger charge is -2.10. The summed E-state index contributed by atoms with van der Waals surface area (Å²) in [6.45, 7) is 1.47. The quantitative estimate of drug-likeness (QED) is 0.815. The molecule has 1 saturated heterocycles. The Balaban J connectivity index is 1.77. The molecule has 4 nitrogen and oxygen atoms in total. The van der Waals surface area contributed by atoms with Crippen LogP contribution in [0.3, 0.4) is 0 Å². The maximum atomic E-state index is 12.3. The number of carbonyl (C=O) groups is 1. The molecule has 0 radical (unpaired) electrons. The van der Waals surface area contributed by atoms with E-state index in [0.717, 1.165) is 42.9 Å². The second-order valence-corrected chi connectivity index (χ2v) is 4.84. The third-order valence-corrected chi connectivity index (χ3v) is 3.71. The molecule has 2 aliphatic heterocycles. The monoisotopic (exact) mass is 247 g/mol. The van der Waals surface area contributed by atoms with Gasteiger partial charge in [0, 0.05) is 25.6 Å². The molecule has 2 atom stereocenters. The summed E-state index contributed by atoms with van der Waals surface area (Å²) in [4.78, 5) is 12.3. The Kier molecular flexibility index (Phi) is 3.06. The number of ketones is 1. The van der Waals surface area contributed by atoms with Gasteiger partial charge in [0.1, 0.15) is 5.75 Å². The molecule has 2 aliphatic rings. The predicted octanol–water partition coefficient (Wildman–Crippen LogP) is 1.18. The van der Waals surface area contributed by atoms with Crippen LogP contribution in [0.1, 0.15) is 22.3 Å². The summed E-state index contributed by atoms with van der Waals surface area (Å²) in [6, 6.07) is 5.61. The van der Waals surface area contributed by atoms with E-state index in [1.54, 1.807) is 7.11 Å². The predicted molar refractivity (Wildman–Crippen MR) is 67.2 cm³/mol. The lowest BCUT2D eigenvalue weighted by Crippen LogP contribution is -2.30. The van der Waals surface area contributed by atoms with Crippen molar-refractivity contribution in [3.63, 3.8) is 0 Å². The van der Waals surface area contributed by atoms with Crippen LogP contribution >= 0.6 is 0 Å². The van der Waals surface area contributed by atoms with Crippen LogP contribution in [0.2, 0.25) is 0 Å². The smallest absolute Gasteiger partial charge is 0.179 e. The first-order valence-corrected chi connectivity index (χ1v) is 6.34. The number of fused-ring (bicyclic) bond motifs is 1. The molecule has 0 bridgehead atoms. The Morgan fingerprint density at radius 1 is 1.50 bits per heavy atom. The van der Waals surface area contributed by atoms with Gasteiger partial charge in [0.15, 0.2) is 5.78 Å². The lowest BCUT2D eigenvalue weighted by atomic mass is 9.99. The van der Waals surface area contributed by atoms with E-state index in [-0.39, 0.29) is 17.9 Å². The Bertz CT molecular complexity index is 472. The SMILES string of the molecule is COC1CNC(C(=O)c2ccc3c(c2)CCO3)C1. The number of rotatable bonds is 3. The maximum absolute atomic E-state index is 12.3. The van der Waals surface area contributed by atoms with Gasteiger partial charge in [-0.25, -0.2) is 0 Å². The van der Waals surface area contributed by atoms with E-state index in [1.807, 2.05) is 18.2 Å². The highest BCUT2D eigenvalue weighted by molar-refractivity contribution is 6.00. The fraction of sp³-hybridized carbons (Fsp3) is 0.500. The summed E-state index contributed by atoms with van der Waals surface area (Å²) in [5.41, 5.74) is 1.91. The topological polar surface area (TPSA) is 47.6 Å². The van der Waals surface area contributed by atoms with E-state index in [1.165, 1.54) is 0 Å². The van der Waals surface area contributed by atoms with Crippen LogP contribution in [0.4, 0.5) is 0 Å². The molecule has 4 heteroatoms. The molecular weight excluding hydrogens is 230 g/mol. The molecule has 2 unspecified atom stereocenters. The van der Waals surface area contributed by atoms with Crippen LogP contribution in [0.25, 0.3) is 0 Å². The van der Waals surface area contributed by atoms with Gasteiger partial charge in [-0.05, 0) is 30.2 Å². The van der Waals surface area contributed by atoms with Crippen molar-refractivity contribution >= 4 is 5.78 Å². The van der Waals surface area contributed by atoms with Gasteiger partial charge in [-0.15, -0.1) is 0 Å². The number of Topliss-reactive ketones (excluding diaryl/α,β-unsaturated/α-hetero) is 1. The molecule has 1 aromatic carbocycles. The van der Waals surface area contributed by atoms with E-state index in [0.29, 0.717) is 0 Å². The summed E-state index contributed by atoms with van der Waals surface area (Å²) >= 11 is 0. The first kappa shape index (κ1) is 11.7. The molecule has 18 heavy (non-hydrogen) atoms. The van der Waals surface area contributed by atoms with E-state index in [2.05, 4.69) is 5.32 Å². The summed E-state index contributed by atoms with van der Waals surface area (Å²) < 4.78 is 10.7. The molecule has 1 N–H and O–H groups in total. The van der Waals surface area contributed by atoms with Crippen molar-refractivity contribution in [1.82, 2.24) is 5.32 Å². The molecular formula is C14H17NO3. The Morgan fingerprint density at radius 2 is 2.39 bits per heavy atom. The fourth-order valence-corrected chi connectivity index (χ4v) is 2.62. The highest BCUT2D eigenvalue weighted by Gasteiger charge is 2.30. The molecule has 0 amide bonds. The van der Waals surface area contributed by atoms with Crippen LogP contribution in [0.5, 0.6) is 5.75 Å². The van der Waals surface area contributed by atoms with Crippen molar-refractivity contribution in [2.75, 3.05) is 20.3 Å². The van der Waals surface area contributed by atoms with Crippen molar-refractivity contribution in [2.45, 2.75) is 25.0 Å². The van der Waals surface area contributed by atoms with Gasteiger partial charge in [0.25, 0.3) is 0 Å². The Morgan fingerprint density at radius 3 is 3.17 bits per heavy atom.